The molecule has 0 radical (unpaired) electrons. The van der Waals surface area contributed by atoms with E-state index in [4.69, 9.17) is 18.0 Å². The lowest BCUT2D eigenvalue weighted by atomic mass is 9.75. The fraction of sp³-hybridized carbons (Fsp3) is 0.533. The molecule has 1 aromatic carbocycles. The Kier molecular flexibility index (Phi) is 4.28. The first-order chi connectivity index (χ1) is 9.28. The number of benzene rings is 1. The minimum Gasteiger partial charge on any atom is -0.389 e. The van der Waals surface area contributed by atoms with Gasteiger partial charge in [-0.25, -0.2) is 8.78 Å². The Hall–Kier alpha value is -1.23. The molecule has 0 saturated heterocycles. The van der Waals surface area contributed by atoms with E-state index in [9.17, 15) is 8.78 Å². The van der Waals surface area contributed by atoms with Crippen LogP contribution in [0, 0.1) is 17.0 Å². The van der Waals surface area contributed by atoms with Gasteiger partial charge >= 0.3 is 0 Å². The monoisotopic (exact) mass is 298 g/mol. The van der Waals surface area contributed by atoms with E-state index in [0.29, 0.717) is 0 Å². The molecule has 5 heteroatoms. The van der Waals surface area contributed by atoms with E-state index in [-0.39, 0.29) is 27.7 Å². The molecule has 0 spiro atoms. The van der Waals surface area contributed by atoms with E-state index in [2.05, 4.69) is 19.2 Å². The predicted octanol–water partition coefficient (Wildman–Crippen LogP) is 3.98. The molecule has 0 amide bonds. The molecule has 1 fully saturated rings. The molecule has 3 N–H and O–H groups in total. The smallest absolute Gasteiger partial charge is 0.150 e. The highest BCUT2D eigenvalue weighted by Gasteiger charge is 2.29. The Balaban J connectivity index is 2.19. The van der Waals surface area contributed by atoms with Crippen LogP contribution < -0.4 is 11.1 Å². The van der Waals surface area contributed by atoms with Crippen LogP contribution in [0.1, 0.15) is 45.1 Å². The van der Waals surface area contributed by atoms with E-state index >= 15 is 0 Å². The highest BCUT2D eigenvalue weighted by molar-refractivity contribution is 7.80. The molecule has 2 rings (SSSR count). The number of halogens is 2. The number of thiocarbonyl (C=S) groups is 1. The zero-order valence-electron chi connectivity index (χ0n) is 11.8. The van der Waals surface area contributed by atoms with Crippen LogP contribution in [0.4, 0.5) is 14.5 Å². The van der Waals surface area contributed by atoms with Gasteiger partial charge in [-0.1, -0.05) is 32.5 Å². The van der Waals surface area contributed by atoms with Crippen molar-refractivity contribution in [1.82, 2.24) is 0 Å². The normalized spacial score (nSPS) is 21.5. The third-order valence-electron chi connectivity index (χ3n) is 3.88. The van der Waals surface area contributed by atoms with Crippen molar-refractivity contribution >= 4 is 22.9 Å². The van der Waals surface area contributed by atoms with Gasteiger partial charge in [-0.15, -0.1) is 0 Å². The van der Waals surface area contributed by atoms with Crippen LogP contribution in [-0.4, -0.2) is 11.0 Å². The van der Waals surface area contributed by atoms with Crippen LogP contribution in [0.3, 0.4) is 0 Å². The van der Waals surface area contributed by atoms with Gasteiger partial charge in [0.2, 0.25) is 0 Å². The summed E-state index contributed by atoms with van der Waals surface area (Å²) in [5.41, 5.74) is 5.75. The molecule has 1 aliphatic carbocycles. The lowest BCUT2D eigenvalue weighted by Crippen LogP contribution is -2.32. The number of hydrogen-bond donors (Lipinski definition) is 2. The van der Waals surface area contributed by atoms with E-state index in [1.54, 1.807) is 0 Å². The number of nitrogens with two attached hydrogens (primary N) is 1. The third kappa shape index (κ3) is 3.45. The van der Waals surface area contributed by atoms with Crippen LogP contribution in [0.2, 0.25) is 0 Å². The van der Waals surface area contributed by atoms with Gasteiger partial charge in [0.05, 0.1) is 0 Å². The largest absolute Gasteiger partial charge is 0.389 e. The van der Waals surface area contributed by atoms with Crippen molar-refractivity contribution in [3.8, 4) is 0 Å². The van der Waals surface area contributed by atoms with Gasteiger partial charge in [0, 0.05) is 11.6 Å². The maximum absolute atomic E-state index is 14.0. The van der Waals surface area contributed by atoms with Gasteiger partial charge in [-0.3, -0.25) is 0 Å². The van der Waals surface area contributed by atoms with Crippen molar-refractivity contribution in [2.45, 2.75) is 45.6 Å². The average Bonchev–Trinajstić information content (AvgIpc) is 2.32. The number of anilines is 1. The van der Waals surface area contributed by atoms with Crippen molar-refractivity contribution in [2.75, 3.05) is 5.32 Å². The summed E-state index contributed by atoms with van der Waals surface area (Å²) < 4.78 is 28.0. The lowest BCUT2D eigenvalue weighted by molar-refractivity contribution is 0.229. The Morgan fingerprint density at radius 1 is 1.35 bits per heavy atom. The Morgan fingerprint density at radius 3 is 2.45 bits per heavy atom. The second-order valence-corrected chi connectivity index (χ2v) is 6.72. The zero-order chi connectivity index (χ0) is 14.9. The SMILES string of the molecule is CC1(C)CCCC(Nc2c(F)cc(C(N)=S)cc2F)C1. The van der Waals surface area contributed by atoms with E-state index in [0.717, 1.165) is 25.7 Å². The molecular weight excluding hydrogens is 278 g/mol. The topological polar surface area (TPSA) is 38.0 Å². The van der Waals surface area contributed by atoms with Gasteiger partial charge in [0.15, 0.2) is 0 Å². The Bertz CT molecular complexity index is 506. The molecule has 20 heavy (non-hydrogen) atoms. The molecule has 0 aliphatic heterocycles. The van der Waals surface area contributed by atoms with E-state index < -0.39 is 11.6 Å². The van der Waals surface area contributed by atoms with E-state index in [1.807, 2.05) is 0 Å². The molecule has 110 valence electrons. The second-order valence-electron chi connectivity index (χ2n) is 6.28. The number of hydrogen-bond acceptors (Lipinski definition) is 2. The minimum atomic E-state index is -0.642. The maximum atomic E-state index is 14.0. The van der Waals surface area contributed by atoms with Crippen molar-refractivity contribution < 1.29 is 8.78 Å². The zero-order valence-corrected chi connectivity index (χ0v) is 12.6. The molecule has 1 saturated carbocycles. The Morgan fingerprint density at radius 2 is 1.95 bits per heavy atom. The fourth-order valence-corrected chi connectivity index (χ4v) is 3.00. The summed E-state index contributed by atoms with van der Waals surface area (Å²) >= 11 is 4.74. The fourth-order valence-electron chi connectivity index (χ4n) is 2.88. The van der Waals surface area contributed by atoms with Gasteiger partial charge in [-0.2, -0.15) is 0 Å². The quantitative estimate of drug-likeness (QED) is 0.829. The maximum Gasteiger partial charge on any atom is 0.150 e. The van der Waals surface area contributed by atoms with Crippen molar-refractivity contribution in [1.29, 1.82) is 0 Å². The summed E-state index contributed by atoms with van der Waals surface area (Å²) in [7, 11) is 0. The highest BCUT2D eigenvalue weighted by Crippen LogP contribution is 2.37. The molecule has 2 nitrogen and oxygen atoms in total. The van der Waals surface area contributed by atoms with Gasteiger partial charge in [-0.05, 0) is 36.8 Å². The first-order valence-electron chi connectivity index (χ1n) is 6.84. The molecule has 1 aromatic rings. The standard InChI is InChI=1S/C15H20F2N2S/c1-15(2)5-3-4-10(8-15)19-13-11(16)6-9(14(18)20)7-12(13)17/h6-7,10,19H,3-5,8H2,1-2H3,(H2,18,20). The highest BCUT2D eigenvalue weighted by atomic mass is 32.1. The van der Waals surface area contributed by atoms with Crippen molar-refractivity contribution in [3.63, 3.8) is 0 Å². The third-order valence-corrected chi connectivity index (χ3v) is 4.12. The second kappa shape index (κ2) is 5.64. The summed E-state index contributed by atoms with van der Waals surface area (Å²) in [6, 6.07) is 2.46. The summed E-state index contributed by atoms with van der Waals surface area (Å²) in [5.74, 6) is -1.28. The van der Waals surface area contributed by atoms with Crippen molar-refractivity contribution in [3.05, 3.63) is 29.3 Å². The van der Waals surface area contributed by atoms with Gasteiger partial charge < -0.3 is 11.1 Å². The number of nitrogens with one attached hydrogen (secondary N) is 1. The molecule has 0 heterocycles. The average molecular weight is 298 g/mol. The van der Waals surface area contributed by atoms with Crippen LogP contribution in [0.15, 0.2) is 12.1 Å². The van der Waals surface area contributed by atoms with Crippen molar-refractivity contribution in [2.24, 2.45) is 11.1 Å². The molecule has 1 atom stereocenters. The van der Waals surface area contributed by atoms with Crippen LogP contribution in [0.25, 0.3) is 0 Å². The Labute approximate surface area is 123 Å². The van der Waals surface area contributed by atoms with Crippen LogP contribution in [-0.2, 0) is 0 Å². The number of rotatable bonds is 3. The van der Waals surface area contributed by atoms with E-state index in [1.165, 1.54) is 12.1 Å². The summed E-state index contributed by atoms with van der Waals surface area (Å²) in [6.45, 7) is 4.37. The van der Waals surface area contributed by atoms with Gasteiger partial charge in [0.25, 0.3) is 0 Å². The van der Waals surface area contributed by atoms with Gasteiger partial charge in [0.1, 0.15) is 22.3 Å². The molecule has 0 aromatic heterocycles. The van der Waals surface area contributed by atoms with Crippen LogP contribution >= 0.6 is 12.2 Å². The first kappa shape index (κ1) is 15.2. The summed E-state index contributed by atoms with van der Waals surface area (Å²) in [4.78, 5) is -0.00634. The molecule has 1 aliphatic rings. The minimum absolute atomic E-state index is 0.00634. The molecule has 1 unspecified atom stereocenters. The van der Waals surface area contributed by atoms with Crippen LogP contribution in [0.5, 0.6) is 0 Å². The molecule has 0 bridgehead atoms. The lowest BCUT2D eigenvalue weighted by Gasteiger charge is -2.36. The molecular formula is C15H20F2N2S. The summed E-state index contributed by atoms with van der Waals surface area (Å²) in [5, 5.41) is 3.01. The first-order valence-corrected chi connectivity index (χ1v) is 7.25. The summed E-state index contributed by atoms with van der Waals surface area (Å²) in [6.07, 6.45) is 4.05. The predicted molar refractivity (Wildman–Crippen MR) is 81.9 cm³/mol.